The minimum atomic E-state index is -0.813. The molecule has 1 unspecified atom stereocenters. The first-order chi connectivity index (χ1) is 9.88. The predicted octanol–water partition coefficient (Wildman–Crippen LogP) is 2.95. The number of aliphatic carboxylic acids is 1. The van der Waals surface area contributed by atoms with E-state index in [4.69, 9.17) is 5.11 Å². The fourth-order valence-corrected chi connectivity index (χ4v) is 2.39. The number of rotatable bonds is 5. The number of hydrogen-bond donors (Lipinski definition) is 1. The quantitative estimate of drug-likeness (QED) is 0.921. The summed E-state index contributed by atoms with van der Waals surface area (Å²) < 4.78 is 15.0. The molecule has 0 radical (unpaired) electrons. The molecule has 0 saturated heterocycles. The van der Waals surface area contributed by atoms with E-state index in [0.29, 0.717) is 13.0 Å². The molecule has 4 nitrogen and oxygen atoms in total. The minimum Gasteiger partial charge on any atom is -0.481 e. The van der Waals surface area contributed by atoms with Crippen molar-refractivity contribution in [2.24, 2.45) is 5.92 Å². The van der Waals surface area contributed by atoms with E-state index in [1.165, 1.54) is 12.1 Å². The molecule has 0 spiro atoms. The number of carboxylic acids is 1. The first-order valence-electron chi connectivity index (χ1n) is 6.88. The van der Waals surface area contributed by atoms with Crippen LogP contribution in [0.1, 0.15) is 29.4 Å². The van der Waals surface area contributed by atoms with E-state index in [2.05, 4.69) is 5.10 Å². The van der Waals surface area contributed by atoms with Crippen LogP contribution in [0.3, 0.4) is 0 Å². The molecule has 112 valence electrons. The third-order valence-electron chi connectivity index (χ3n) is 3.68. The zero-order chi connectivity index (χ0) is 15.6. The third kappa shape index (κ3) is 3.48. The summed E-state index contributed by atoms with van der Waals surface area (Å²) in [5.74, 6) is -1.53. The van der Waals surface area contributed by atoms with Crippen LogP contribution in [0.25, 0.3) is 0 Å². The topological polar surface area (TPSA) is 55.1 Å². The van der Waals surface area contributed by atoms with Crippen LogP contribution in [-0.4, -0.2) is 20.9 Å². The van der Waals surface area contributed by atoms with E-state index < -0.39 is 11.9 Å². The summed E-state index contributed by atoms with van der Waals surface area (Å²) in [6, 6.07) is 6.41. The van der Waals surface area contributed by atoms with Gasteiger partial charge in [0.05, 0.1) is 18.2 Å². The second-order valence-corrected chi connectivity index (χ2v) is 5.38. The molecule has 1 aromatic heterocycles. The van der Waals surface area contributed by atoms with Gasteiger partial charge in [-0.15, -0.1) is 0 Å². The Labute approximate surface area is 123 Å². The van der Waals surface area contributed by atoms with Crippen molar-refractivity contribution in [3.63, 3.8) is 0 Å². The summed E-state index contributed by atoms with van der Waals surface area (Å²) in [5, 5.41) is 13.5. The summed E-state index contributed by atoms with van der Waals surface area (Å²) in [4.78, 5) is 11.0. The van der Waals surface area contributed by atoms with Crippen LogP contribution >= 0.6 is 0 Å². The van der Waals surface area contributed by atoms with Crippen LogP contribution in [0, 0.1) is 25.6 Å². The van der Waals surface area contributed by atoms with Gasteiger partial charge in [0.25, 0.3) is 0 Å². The normalized spacial score (nSPS) is 12.4. The molecular formula is C16H19FN2O2. The molecule has 0 aliphatic carbocycles. The maximum Gasteiger partial charge on any atom is 0.306 e. The first-order valence-corrected chi connectivity index (χ1v) is 6.88. The van der Waals surface area contributed by atoms with Gasteiger partial charge in [-0.3, -0.25) is 9.48 Å². The second-order valence-electron chi connectivity index (χ2n) is 5.38. The van der Waals surface area contributed by atoms with Gasteiger partial charge in [0.2, 0.25) is 0 Å². The molecular weight excluding hydrogens is 271 g/mol. The summed E-state index contributed by atoms with van der Waals surface area (Å²) in [6.45, 7) is 5.96. The third-order valence-corrected chi connectivity index (χ3v) is 3.68. The van der Waals surface area contributed by atoms with Crippen molar-refractivity contribution in [3.8, 4) is 0 Å². The molecule has 1 N–H and O–H groups in total. The van der Waals surface area contributed by atoms with Crippen molar-refractivity contribution in [1.29, 1.82) is 0 Å². The van der Waals surface area contributed by atoms with E-state index in [0.717, 1.165) is 22.5 Å². The molecule has 21 heavy (non-hydrogen) atoms. The lowest BCUT2D eigenvalue weighted by molar-refractivity contribution is -0.141. The maximum absolute atomic E-state index is 13.2. The number of aryl methyl sites for hydroxylation is 1. The van der Waals surface area contributed by atoms with Gasteiger partial charge in [-0.25, -0.2) is 4.39 Å². The fraction of sp³-hybridized carbons (Fsp3) is 0.375. The highest BCUT2D eigenvalue weighted by Crippen LogP contribution is 2.19. The fourth-order valence-electron chi connectivity index (χ4n) is 2.39. The highest BCUT2D eigenvalue weighted by Gasteiger charge is 2.18. The Morgan fingerprint density at radius 1 is 1.43 bits per heavy atom. The number of aromatic nitrogens is 2. The Balaban J connectivity index is 2.24. The average molecular weight is 290 g/mol. The number of carboxylic acid groups (broad SMARTS) is 1. The Morgan fingerprint density at radius 2 is 2.14 bits per heavy atom. The van der Waals surface area contributed by atoms with Gasteiger partial charge >= 0.3 is 5.97 Å². The van der Waals surface area contributed by atoms with E-state index >= 15 is 0 Å². The van der Waals surface area contributed by atoms with Gasteiger partial charge in [0.15, 0.2) is 0 Å². The predicted molar refractivity (Wildman–Crippen MR) is 77.7 cm³/mol. The van der Waals surface area contributed by atoms with Crippen LogP contribution in [0.5, 0.6) is 0 Å². The monoisotopic (exact) mass is 290 g/mol. The largest absolute Gasteiger partial charge is 0.481 e. The number of benzene rings is 1. The molecule has 0 amide bonds. The van der Waals surface area contributed by atoms with Crippen molar-refractivity contribution < 1.29 is 14.3 Å². The van der Waals surface area contributed by atoms with Gasteiger partial charge in [-0.2, -0.15) is 5.10 Å². The molecule has 2 aromatic rings. The molecule has 2 rings (SSSR count). The first kappa shape index (κ1) is 15.2. The summed E-state index contributed by atoms with van der Waals surface area (Å²) >= 11 is 0. The number of halogens is 1. The Bertz CT molecular complexity index is 664. The molecule has 0 bridgehead atoms. The molecule has 0 aliphatic rings. The van der Waals surface area contributed by atoms with Crippen molar-refractivity contribution in [1.82, 2.24) is 9.78 Å². The van der Waals surface area contributed by atoms with Crippen LogP contribution in [-0.2, 0) is 17.8 Å². The highest BCUT2D eigenvalue weighted by molar-refractivity contribution is 5.70. The van der Waals surface area contributed by atoms with Crippen LogP contribution in [0.4, 0.5) is 4.39 Å². The summed E-state index contributed by atoms with van der Waals surface area (Å²) in [5.41, 5.74) is 3.56. The lowest BCUT2D eigenvalue weighted by atomic mass is 10.00. The smallest absolute Gasteiger partial charge is 0.306 e. The molecule has 5 heteroatoms. The van der Waals surface area contributed by atoms with E-state index in [1.807, 2.05) is 19.9 Å². The molecule has 0 aliphatic heterocycles. The van der Waals surface area contributed by atoms with Crippen LogP contribution < -0.4 is 0 Å². The molecule has 0 fully saturated rings. The van der Waals surface area contributed by atoms with Crippen molar-refractivity contribution in [2.45, 2.75) is 33.7 Å². The number of carbonyl (C=O) groups is 1. The lowest BCUT2D eigenvalue weighted by Gasteiger charge is -2.08. The van der Waals surface area contributed by atoms with Crippen molar-refractivity contribution in [3.05, 3.63) is 52.6 Å². The Hall–Kier alpha value is -2.17. The summed E-state index contributed by atoms with van der Waals surface area (Å²) in [7, 11) is 0. The van der Waals surface area contributed by atoms with Gasteiger partial charge in [0.1, 0.15) is 5.82 Å². The molecule has 0 saturated carbocycles. The van der Waals surface area contributed by atoms with Crippen LogP contribution in [0.2, 0.25) is 0 Å². The zero-order valence-corrected chi connectivity index (χ0v) is 12.4. The Kier molecular flexibility index (Phi) is 4.40. The van der Waals surface area contributed by atoms with E-state index in [1.54, 1.807) is 17.7 Å². The van der Waals surface area contributed by atoms with E-state index in [9.17, 15) is 9.18 Å². The highest BCUT2D eigenvalue weighted by atomic mass is 19.1. The van der Waals surface area contributed by atoms with Gasteiger partial charge in [0, 0.05) is 5.69 Å². The van der Waals surface area contributed by atoms with Crippen molar-refractivity contribution >= 4 is 5.97 Å². The SMILES string of the molecule is Cc1nn(Cc2cccc(F)c2)c(C)c1CC(C)C(=O)O. The van der Waals surface area contributed by atoms with E-state index in [-0.39, 0.29) is 5.82 Å². The number of hydrogen-bond acceptors (Lipinski definition) is 2. The second kappa shape index (κ2) is 6.08. The van der Waals surface area contributed by atoms with Gasteiger partial charge in [-0.1, -0.05) is 19.1 Å². The molecule has 1 atom stereocenters. The summed E-state index contributed by atoms with van der Waals surface area (Å²) in [6.07, 6.45) is 0.455. The van der Waals surface area contributed by atoms with Crippen LogP contribution in [0.15, 0.2) is 24.3 Å². The van der Waals surface area contributed by atoms with Gasteiger partial charge in [-0.05, 0) is 43.5 Å². The lowest BCUT2D eigenvalue weighted by Crippen LogP contribution is -2.13. The zero-order valence-electron chi connectivity index (χ0n) is 12.4. The molecule has 1 aromatic carbocycles. The number of nitrogens with zero attached hydrogens (tertiary/aromatic N) is 2. The standard InChI is InChI=1S/C16H19FN2O2/c1-10(16(20)21)7-15-11(2)18-19(12(15)3)9-13-5-4-6-14(17)8-13/h4-6,8,10H,7,9H2,1-3H3,(H,20,21). The maximum atomic E-state index is 13.2. The minimum absolute atomic E-state index is 0.270. The van der Waals surface area contributed by atoms with Gasteiger partial charge < -0.3 is 5.11 Å². The average Bonchev–Trinajstić information content (AvgIpc) is 2.66. The Morgan fingerprint density at radius 3 is 2.76 bits per heavy atom. The van der Waals surface area contributed by atoms with Crippen molar-refractivity contribution in [2.75, 3.05) is 0 Å². The molecule has 1 heterocycles.